The average Bonchev–Trinajstić information content (AvgIpc) is 2.42. The van der Waals surface area contributed by atoms with Gasteiger partial charge in [-0.3, -0.25) is 4.79 Å². The van der Waals surface area contributed by atoms with E-state index < -0.39 is 0 Å². The van der Waals surface area contributed by atoms with Gasteiger partial charge >= 0.3 is 0 Å². The topological polar surface area (TPSA) is 42.0 Å². The van der Waals surface area contributed by atoms with Crippen LogP contribution in [0.4, 0.5) is 4.39 Å². The van der Waals surface area contributed by atoms with Gasteiger partial charge in [0.1, 0.15) is 10.4 Å². The average molecular weight is 337 g/mol. The second-order valence-corrected chi connectivity index (χ2v) is 5.32. The predicted octanol–water partition coefficient (Wildman–Crippen LogP) is 3.53. The van der Waals surface area contributed by atoms with E-state index in [1.165, 1.54) is 0 Å². The van der Waals surface area contributed by atoms with Crippen LogP contribution in [0.15, 0.2) is 35.1 Å². The summed E-state index contributed by atoms with van der Waals surface area (Å²) in [5.74, 6) is -0.417. The lowest BCUT2D eigenvalue weighted by Gasteiger charge is -2.09. The van der Waals surface area contributed by atoms with E-state index in [1.54, 1.807) is 44.3 Å². The van der Waals surface area contributed by atoms with Crippen LogP contribution in [0, 0.1) is 19.7 Å². The number of hydrogen-bond acceptors (Lipinski definition) is 2. The Morgan fingerprint density at radius 2 is 2.00 bits per heavy atom. The molecule has 0 unspecified atom stereocenters. The first-order valence-corrected chi connectivity index (χ1v) is 6.92. The van der Waals surface area contributed by atoms with Gasteiger partial charge in [0.25, 0.3) is 5.91 Å². The summed E-state index contributed by atoms with van der Waals surface area (Å²) in [7, 11) is 0. The van der Waals surface area contributed by atoms with Crippen LogP contribution in [0.5, 0.6) is 0 Å². The highest BCUT2D eigenvalue weighted by Crippen LogP contribution is 2.15. The van der Waals surface area contributed by atoms with Crippen molar-refractivity contribution in [3.05, 3.63) is 63.1 Å². The summed E-state index contributed by atoms with van der Waals surface area (Å²) in [6, 6.07) is 6.86. The van der Waals surface area contributed by atoms with Gasteiger partial charge in [-0.2, -0.15) is 0 Å². The lowest BCUT2D eigenvalue weighted by molar-refractivity contribution is 0.0949. The lowest BCUT2D eigenvalue weighted by Crippen LogP contribution is -2.23. The zero-order valence-electron chi connectivity index (χ0n) is 11.2. The van der Waals surface area contributed by atoms with Crippen molar-refractivity contribution < 1.29 is 9.18 Å². The monoisotopic (exact) mass is 336 g/mol. The number of hydrogen-bond donors (Lipinski definition) is 1. The molecule has 3 nitrogen and oxygen atoms in total. The van der Waals surface area contributed by atoms with Crippen LogP contribution < -0.4 is 5.32 Å². The van der Waals surface area contributed by atoms with Gasteiger partial charge in [0.05, 0.1) is 5.56 Å². The molecule has 0 aliphatic rings. The number of nitrogens with one attached hydrogen (secondary N) is 1. The fourth-order valence-electron chi connectivity index (χ4n) is 1.97. The lowest BCUT2D eigenvalue weighted by atomic mass is 10.1. The Labute approximate surface area is 125 Å². The first-order chi connectivity index (χ1) is 9.49. The van der Waals surface area contributed by atoms with Crippen LogP contribution in [0.1, 0.15) is 27.0 Å². The van der Waals surface area contributed by atoms with Gasteiger partial charge in [-0.15, -0.1) is 0 Å². The van der Waals surface area contributed by atoms with E-state index in [1.807, 2.05) is 0 Å². The number of benzene rings is 1. The second kappa shape index (κ2) is 6.13. The van der Waals surface area contributed by atoms with Crippen LogP contribution in [-0.4, -0.2) is 10.9 Å². The Morgan fingerprint density at radius 1 is 1.35 bits per heavy atom. The summed E-state index contributed by atoms with van der Waals surface area (Å²) in [5.41, 5.74) is 2.51. The largest absolute Gasteiger partial charge is 0.348 e. The van der Waals surface area contributed by atoms with Crippen LogP contribution in [-0.2, 0) is 6.54 Å². The van der Waals surface area contributed by atoms with Crippen molar-refractivity contribution in [3.8, 4) is 0 Å². The van der Waals surface area contributed by atoms with E-state index in [0.29, 0.717) is 27.8 Å². The Hall–Kier alpha value is -1.75. The van der Waals surface area contributed by atoms with Crippen molar-refractivity contribution in [2.24, 2.45) is 0 Å². The van der Waals surface area contributed by atoms with Crippen molar-refractivity contribution in [1.29, 1.82) is 0 Å². The molecule has 0 spiro atoms. The Morgan fingerprint density at radius 3 is 2.60 bits per heavy atom. The number of carbonyl (C=O) groups is 1. The number of aryl methyl sites for hydroxylation is 2. The van der Waals surface area contributed by atoms with Crippen molar-refractivity contribution in [1.82, 2.24) is 10.3 Å². The summed E-state index contributed by atoms with van der Waals surface area (Å²) in [5, 5.41) is 2.80. The highest BCUT2D eigenvalue weighted by atomic mass is 79.9. The smallest absolute Gasteiger partial charge is 0.254 e. The van der Waals surface area contributed by atoms with E-state index in [4.69, 9.17) is 0 Å². The van der Waals surface area contributed by atoms with E-state index in [2.05, 4.69) is 26.2 Å². The van der Waals surface area contributed by atoms with Gasteiger partial charge in [-0.1, -0.05) is 12.1 Å². The molecule has 0 fully saturated rings. The molecule has 0 bridgehead atoms. The van der Waals surface area contributed by atoms with Gasteiger partial charge < -0.3 is 5.32 Å². The molecular formula is C15H14BrFN2O. The van der Waals surface area contributed by atoms with Crippen LogP contribution in [0.3, 0.4) is 0 Å². The molecule has 2 aromatic rings. The summed E-state index contributed by atoms with van der Waals surface area (Å²) >= 11 is 3.23. The molecule has 20 heavy (non-hydrogen) atoms. The van der Waals surface area contributed by atoms with Crippen LogP contribution in [0.25, 0.3) is 0 Å². The molecule has 0 radical (unpaired) electrons. The van der Waals surface area contributed by atoms with Gasteiger partial charge in [-0.25, -0.2) is 9.37 Å². The first kappa shape index (κ1) is 14.7. The van der Waals surface area contributed by atoms with Gasteiger partial charge in [0.15, 0.2) is 0 Å². The number of aromatic nitrogens is 1. The van der Waals surface area contributed by atoms with Gasteiger partial charge in [0, 0.05) is 12.7 Å². The van der Waals surface area contributed by atoms with Crippen LogP contribution in [0.2, 0.25) is 0 Å². The van der Waals surface area contributed by atoms with E-state index in [9.17, 15) is 9.18 Å². The Balaban J connectivity index is 2.10. The van der Waals surface area contributed by atoms with Crippen molar-refractivity contribution in [2.45, 2.75) is 20.4 Å². The molecule has 0 atom stereocenters. The maximum atomic E-state index is 13.5. The maximum Gasteiger partial charge on any atom is 0.254 e. The van der Waals surface area contributed by atoms with Gasteiger partial charge in [0.2, 0.25) is 0 Å². The molecule has 104 valence electrons. The molecule has 5 heteroatoms. The third kappa shape index (κ3) is 3.22. The molecule has 0 aliphatic carbocycles. The molecule has 1 aromatic carbocycles. The number of nitrogens with zero attached hydrogens (tertiary/aromatic N) is 1. The molecule has 0 saturated carbocycles. The molecule has 1 heterocycles. The first-order valence-electron chi connectivity index (χ1n) is 6.13. The van der Waals surface area contributed by atoms with Crippen molar-refractivity contribution in [3.63, 3.8) is 0 Å². The number of halogens is 2. The highest BCUT2D eigenvalue weighted by molar-refractivity contribution is 9.10. The summed E-state index contributed by atoms with van der Waals surface area (Å²) in [4.78, 5) is 16.0. The Bertz CT molecular complexity index is 635. The zero-order chi connectivity index (χ0) is 14.7. The zero-order valence-corrected chi connectivity index (χ0v) is 12.8. The second-order valence-electron chi connectivity index (χ2n) is 4.57. The summed E-state index contributed by atoms with van der Waals surface area (Å²) in [6.07, 6.45) is 1.60. The Kier molecular flexibility index (Phi) is 4.49. The number of pyridine rings is 1. The third-order valence-electron chi connectivity index (χ3n) is 2.95. The minimum absolute atomic E-state index is 0.199. The molecular weight excluding hydrogens is 323 g/mol. The van der Waals surface area contributed by atoms with Crippen LogP contribution >= 0.6 is 15.9 Å². The molecule has 1 amide bonds. The maximum absolute atomic E-state index is 13.5. The normalized spacial score (nSPS) is 10.4. The summed E-state index contributed by atoms with van der Waals surface area (Å²) in [6.45, 7) is 3.78. The summed E-state index contributed by atoms with van der Waals surface area (Å²) < 4.78 is 14.0. The van der Waals surface area contributed by atoms with Gasteiger partial charge in [-0.05, 0) is 58.6 Å². The third-order valence-corrected chi connectivity index (χ3v) is 3.58. The SMILES string of the molecule is Cc1cc(CNC(=O)c2cccnc2Br)cc(C)c1F. The number of carbonyl (C=O) groups excluding carboxylic acids is 1. The number of rotatable bonds is 3. The predicted molar refractivity (Wildman–Crippen MR) is 79.0 cm³/mol. The van der Waals surface area contributed by atoms with E-state index >= 15 is 0 Å². The highest BCUT2D eigenvalue weighted by Gasteiger charge is 2.10. The van der Waals surface area contributed by atoms with E-state index in [-0.39, 0.29) is 11.7 Å². The fourth-order valence-corrected chi connectivity index (χ4v) is 2.40. The molecule has 1 N–H and O–H groups in total. The van der Waals surface area contributed by atoms with E-state index in [0.717, 1.165) is 5.56 Å². The quantitative estimate of drug-likeness (QED) is 0.871. The van der Waals surface area contributed by atoms with Crippen molar-refractivity contribution in [2.75, 3.05) is 0 Å². The fraction of sp³-hybridized carbons (Fsp3) is 0.200. The van der Waals surface area contributed by atoms with Crippen molar-refractivity contribution >= 4 is 21.8 Å². The minimum atomic E-state index is -0.218. The molecule has 0 aliphatic heterocycles. The minimum Gasteiger partial charge on any atom is -0.348 e. The standard InChI is InChI=1S/C15H14BrFN2O/c1-9-6-11(7-10(2)13(9)17)8-19-15(20)12-4-3-5-18-14(12)16/h3-7H,8H2,1-2H3,(H,19,20). The molecule has 2 rings (SSSR count). The molecule has 1 aromatic heterocycles. The number of amides is 1. The molecule has 0 saturated heterocycles.